The van der Waals surface area contributed by atoms with Gasteiger partial charge in [-0.2, -0.15) is 0 Å². The van der Waals surface area contributed by atoms with Crippen LogP contribution < -0.4 is 15.2 Å². The minimum atomic E-state index is -3.67. The van der Waals surface area contributed by atoms with Gasteiger partial charge in [0.2, 0.25) is 9.84 Å². The largest absolute Gasteiger partial charge is 0.497 e. The van der Waals surface area contributed by atoms with Crippen molar-refractivity contribution in [3.05, 3.63) is 46.4 Å². The Balaban J connectivity index is 2.23. The molecule has 0 aliphatic carbocycles. The van der Waals surface area contributed by atoms with Gasteiger partial charge < -0.3 is 15.2 Å². The van der Waals surface area contributed by atoms with Crippen LogP contribution in [0.5, 0.6) is 11.5 Å². The fraction of sp³-hybridized carbons (Fsp3) is 0.0833. The number of carbonyl (C=O) groups is 1. The lowest BCUT2D eigenvalue weighted by atomic mass is 10.3. The second kappa shape index (κ2) is 4.77. The van der Waals surface area contributed by atoms with Gasteiger partial charge in [0.1, 0.15) is 16.5 Å². The molecule has 0 atom stereocenters. The molecule has 0 aromatic heterocycles. The van der Waals surface area contributed by atoms with Crippen LogP contribution in [0.3, 0.4) is 0 Å². The molecule has 1 aliphatic rings. The van der Waals surface area contributed by atoms with Gasteiger partial charge in [0.25, 0.3) is 0 Å². The number of rotatable bonds is 3. The second-order valence-electron chi connectivity index (χ2n) is 3.69. The highest BCUT2D eigenvalue weighted by molar-refractivity contribution is 7.98. The van der Waals surface area contributed by atoms with Crippen molar-refractivity contribution in [2.24, 2.45) is 5.73 Å². The highest BCUT2D eigenvalue weighted by atomic mass is 32.2. The van der Waals surface area contributed by atoms with Gasteiger partial charge in [0, 0.05) is 11.5 Å². The molecule has 2 rings (SSSR count). The van der Waals surface area contributed by atoms with Crippen molar-refractivity contribution in [2.45, 2.75) is 0 Å². The monoisotopic (exact) mass is 281 g/mol. The van der Waals surface area contributed by atoms with Crippen molar-refractivity contribution in [3.8, 4) is 11.5 Å². The number of methoxy groups -OCH3 is 1. The van der Waals surface area contributed by atoms with Crippen LogP contribution in [0.4, 0.5) is 0 Å². The minimum absolute atomic E-state index is 0.178. The molecule has 1 aromatic carbocycles. The molecule has 1 aromatic rings. The highest BCUT2D eigenvalue weighted by Gasteiger charge is 2.27. The van der Waals surface area contributed by atoms with E-state index in [9.17, 15) is 13.2 Å². The van der Waals surface area contributed by atoms with Crippen LogP contribution >= 0.6 is 0 Å². The minimum Gasteiger partial charge on any atom is -0.497 e. The summed E-state index contributed by atoms with van der Waals surface area (Å²) in [6, 6.07) is 6.37. The summed E-state index contributed by atoms with van der Waals surface area (Å²) in [6.45, 7) is 0. The molecule has 2 N–H and O–H groups in total. The predicted octanol–water partition coefficient (Wildman–Crippen LogP) is 0.713. The predicted molar refractivity (Wildman–Crippen MR) is 67.9 cm³/mol. The van der Waals surface area contributed by atoms with Crippen molar-refractivity contribution in [1.82, 2.24) is 0 Å². The quantitative estimate of drug-likeness (QED) is 0.647. The Hall–Kier alpha value is -2.28. The van der Waals surface area contributed by atoms with Crippen LogP contribution in [0, 0.1) is 0 Å². The van der Waals surface area contributed by atoms with Crippen molar-refractivity contribution in [3.63, 3.8) is 0 Å². The summed E-state index contributed by atoms with van der Waals surface area (Å²) in [7, 11) is -2.19. The fourth-order valence-electron chi connectivity index (χ4n) is 1.46. The third kappa shape index (κ3) is 2.60. The number of hydrogen-bond donors (Lipinski definition) is 1. The lowest BCUT2D eigenvalue weighted by molar-refractivity contribution is -0.129. The van der Waals surface area contributed by atoms with Crippen molar-refractivity contribution < 1.29 is 22.7 Å². The van der Waals surface area contributed by atoms with E-state index in [1.165, 1.54) is 13.2 Å². The lowest BCUT2D eigenvalue weighted by Crippen LogP contribution is -2.16. The molecule has 0 saturated carbocycles. The van der Waals surface area contributed by atoms with Crippen molar-refractivity contribution >= 4 is 15.8 Å². The van der Waals surface area contributed by atoms with Crippen LogP contribution in [-0.4, -0.2) is 21.5 Å². The number of ether oxygens (including phenoxy) is 2. The van der Waals surface area contributed by atoms with Crippen LogP contribution in [-0.2, 0) is 14.6 Å². The summed E-state index contributed by atoms with van der Waals surface area (Å²) >= 11 is 0. The summed E-state index contributed by atoms with van der Waals surface area (Å²) < 4.78 is 32.7. The van der Waals surface area contributed by atoms with Gasteiger partial charge in [-0.25, -0.2) is 13.2 Å². The molecular formula is C12H11NO5S. The Morgan fingerprint density at radius 3 is 2.53 bits per heavy atom. The van der Waals surface area contributed by atoms with E-state index in [0.717, 1.165) is 11.5 Å². The number of nitrogens with two attached hydrogens (primary N) is 1. The molecule has 0 spiro atoms. The summed E-state index contributed by atoms with van der Waals surface area (Å²) in [5.41, 5.74) is 5.19. The van der Waals surface area contributed by atoms with Gasteiger partial charge in [-0.3, -0.25) is 0 Å². The SMILES string of the molecule is COc1cccc(OC(=O)C2=C(N)S(=O)(=O)C=C2)c1. The molecule has 0 amide bonds. The number of sulfone groups is 1. The molecule has 0 fully saturated rings. The van der Waals surface area contributed by atoms with E-state index in [-0.39, 0.29) is 11.3 Å². The van der Waals surface area contributed by atoms with E-state index in [4.69, 9.17) is 15.2 Å². The average molecular weight is 281 g/mol. The molecule has 1 heterocycles. The summed E-state index contributed by atoms with van der Waals surface area (Å²) in [5, 5.41) is 0.366. The van der Waals surface area contributed by atoms with Gasteiger partial charge in [-0.15, -0.1) is 0 Å². The van der Waals surface area contributed by atoms with Crippen LogP contribution in [0.15, 0.2) is 46.4 Å². The van der Waals surface area contributed by atoms with E-state index in [1.54, 1.807) is 18.2 Å². The normalized spacial score (nSPS) is 16.5. The zero-order valence-corrected chi connectivity index (χ0v) is 10.8. The van der Waals surface area contributed by atoms with E-state index in [2.05, 4.69) is 0 Å². The Bertz CT molecular complexity index is 688. The molecule has 0 saturated heterocycles. The molecule has 0 radical (unpaired) electrons. The topological polar surface area (TPSA) is 95.7 Å². The number of hydrogen-bond acceptors (Lipinski definition) is 6. The fourth-order valence-corrected chi connectivity index (χ4v) is 2.38. The maximum atomic E-state index is 11.8. The Morgan fingerprint density at radius 1 is 1.26 bits per heavy atom. The maximum absolute atomic E-state index is 11.8. The van der Waals surface area contributed by atoms with Crippen molar-refractivity contribution in [2.75, 3.05) is 7.11 Å². The van der Waals surface area contributed by atoms with Gasteiger partial charge in [-0.1, -0.05) is 6.07 Å². The number of esters is 1. The summed E-state index contributed by atoms with van der Waals surface area (Å²) in [4.78, 5) is 11.8. The molecule has 19 heavy (non-hydrogen) atoms. The Labute approximate surface area is 110 Å². The number of benzene rings is 1. The molecule has 6 nitrogen and oxygen atoms in total. The highest BCUT2D eigenvalue weighted by Crippen LogP contribution is 2.23. The molecular weight excluding hydrogens is 270 g/mol. The standard InChI is InChI=1S/C12H11NO5S/c1-17-8-3-2-4-9(7-8)18-12(14)10-5-6-19(15,16)11(10)13/h2-7H,13H2,1H3. The zero-order valence-electron chi connectivity index (χ0n) is 9.99. The molecule has 0 bridgehead atoms. The first kappa shape index (κ1) is 13.2. The molecule has 0 unspecified atom stereocenters. The van der Waals surface area contributed by atoms with Crippen LogP contribution in [0.1, 0.15) is 0 Å². The van der Waals surface area contributed by atoms with E-state index in [0.29, 0.717) is 5.75 Å². The smallest absolute Gasteiger partial charge is 0.346 e. The summed E-state index contributed by atoms with van der Waals surface area (Å²) in [6.07, 6.45) is 1.12. The first-order valence-electron chi connectivity index (χ1n) is 5.23. The van der Waals surface area contributed by atoms with E-state index in [1.807, 2.05) is 0 Å². The summed E-state index contributed by atoms with van der Waals surface area (Å²) in [5.74, 6) is -0.0766. The van der Waals surface area contributed by atoms with E-state index >= 15 is 0 Å². The van der Waals surface area contributed by atoms with Gasteiger partial charge >= 0.3 is 5.97 Å². The zero-order chi connectivity index (χ0) is 14.0. The molecule has 7 heteroatoms. The van der Waals surface area contributed by atoms with E-state index < -0.39 is 20.8 Å². The first-order chi connectivity index (χ1) is 8.94. The third-order valence-corrected chi connectivity index (χ3v) is 3.78. The average Bonchev–Trinajstić information content (AvgIpc) is 2.65. The van der Waals surface area contributed by atoms with Crippen LogP contribution in [0.2, 0.25) is 0 Å². The Morgan fingerprint density at radius 2 is 1.95 bits per heavy atom. The number of carbonyl (C=O) groups excluding carboxylic acids is 1. The third-order valence-electron chi connectivity index (χ3n) is 2.46. The van der Waals surface area contributed by atoms with Gasteiger partial charge in [0.05, 0.1) is 12.7 Å². The molecule has 1 aliphatic heterocycles. The van der Waals surface area contributed by atoms with Gasteiger partial charge in [-0.05, 0) is 18.2 Å². The van der Waals surface area contributed by atoms with Crippen LogP contribution in [0.25, 0.3) is 0 Å². The maximum Gasteiger partial charge on any atom is 0.346 e. The first-order valence-corrected chi connectivity index (χ1v) is 6.78. The lowest BCUT2D eigenvalue weighted by Gasteiger charge is -2.06. The Kier molecular flexibility index (Phi) is 3.30. The van der Waals surface area contributed by atoms with Gasteiger partial charge in [0.15, 0.2) is 0 Å². The second-order valence-corrected chi connectivity index (χ2v) is 5.50. The van der Waals surface area contributed by atoms with Crippen molar-refractivity contribution in [1.29, 1.82) is 0 Å². The molecule has 100 valence electrons.